The van der Waals surface area contributed by atoms with Crippen molar-refractivity contribution in [3.63, 3.8) is 0 Å². The molecule has 0 aromatic rings. The van der Waals surface area contributed by atoms with Crippen molar-refractivity contribution in [2.24, 2.45) is 5.92 Å². The molecule has 5 nitrogen and oxygen atoms in total. The number of amides is 1. The number of hydrogen-bond acceptors (Lipinski definition) is 3. The van der Waals surface area contributed by atoms with Crippen molar-refractivity contribution < 1.29 is 19.4 Å². The third kappa shape index (κ3) is 5.53. The molecule has 0 spiro atoms. The van der Waals surface area contributed by atoms with Gasteiger partial charge in [-0.25, -0.2) is 0 Å². The van der Waals surface area contributed by atoms with Gasteiger partial charge in [0, 0.05) is 13.2 Å². The zero-order valence-corrected chi connectivity index (χ0v) is 8.58. The van der Waals surface area contributed by atoms with Crippen LogP contribution in [0.2, 0.25) is 0 Å². The van der Waals surface area contributed by atoms with Crippen LogP contribution in [0.1, 0.15) is 20.3 Å². The third-order valence-corrected chi connectivity index (χ3v) is 1.82. The molecule has 82 valence electrons. The number of carboxylic acid groups (broad SMARTS) is 1. The van der Waals surface area contributed by atoms with Crippen molar-refractivity contribution in [1.82, 2.24) is 5.32 Å². The lowest BCUT2D eigenvalue weighted by molar-refractivity contribution is -0.141. The fraction of sp³-hybridized carbons (Fsp3) is 0.778. The fourth-order valence-electron chi connectivity index (χ4n) is 0.889. The number of carbonyl (C=O) groups excluding carboxylic acids is 1. The second kappa shape index (κ2) is 7.32. The minimum atomic E-state index is -0.885. The van der Waals surface area contributed by atoms with E-state index >= 15 is 0 Å². The van der Waals surface area contributed by atoms with Gasteiger partial charge in [-0.05, 0) is 13.3 Å². The molecule has 14 heavy (non-hydrogen) atoms. The number of hydrogen-bond donors (Lipinski definition) is 2. The molecule has 0 rings (SSSR count). The van der Waals surface area contributed by atoms with Crippen LogP contribution in [0.25, 0.3) is 0 Å². The number of aliphatic carboxylic acids is 1. The summed E-state index contributed by atoms with van der Waals surface area (Å²) in [5.74, 6) is -1.67. The van der Waals surface area contributed by atoms with E-state index in [1.807, 2.05) is 0 Å². The van der Waals surface area contributed by atoms with E-state index in [-0.39, 0.29) is 19.1 Å². The molecule has 0 aliphatic rings. The summed E-state index contributed by atoms with van der Waals surface area (Å²) in [6.45, 7) is 4.20. The fourth-order valence-corrected chi connectivity index (χ4v) is 0.889. The summed E-state index contributed by atoms with van der Waals surface area (Å²) in [6, 6.07) is 0. The van der Waals surface area contributed by atoms with Crippen molar-refractivity contribution in [3.8, 4) is 0 Å². The molecular weight excluding hydrogens is 186 g/mol. The summed E-state index contributed by atoms with van der Waals surface area (Å²) < 4.78 is 4.86. The highest BCUT2D eigenvalue weighted by atomic mass is 16.5. The van der Waals surface area contributed by atoms with Crippen LogP contribution in [0.5, 0.6) is 0 Å². The predicted molar refractivity (Wildman–Crippen MR) is 50.9 cm³/mol. The molecule has 0 saturated carbocycles. The summed E-state index contributed by atoms with van der Waals surface area (Å²) in [6.07, 6.45) is 0.504. The molecular formula is C9H17NO4. The van der Waals surface area contributed by atoms with E-state index in [9.17, 15) is 9.59 Å². The lowest BCUT2D eigenvalue weighted by Gasteiger charge is -2.10. The normalized spacial score (nSPS) is 12.1. The molecule has 5 heteroatoms. The second-order valence-electron chi connectivity index (χ2n) is 2.88. The molecule has 2 N–H and O–H groups in total. The maximum absolute atomic E-state index is 11.0. The zero-order valence-electron chi connectivity index (χ0n) is 8.58. The molecule has 0 aromatic heterocycles. The Hall–Kier alpha value is -1.10. The third-order valence-electron chi connectivity index (χ3n) is 1.82. The van der Waals surface area contributed by atoms with Crippen LogP contribution >= 0.6 is 0 Å². The Bertz CT molecular complexity index is 193. The highest BCUT2D eigenvalue weighted by Crippen LogP contribution is 1.99. The molecule has 0 saturated heterocycles. The van der Waals surface area contributed by atoms with E-state index in [0.717, 1.165) is 0 Å². The Morgan fingerprint density at radius 1 is 1.43 bits per heavy atom. The Labute approximate surface area is 83.4 Å². The quantitative estimate of drug-likeness (QED) is 0.622. The molecule has 0 fully saturated rings. The first-order chi connectivity index (χ1) is 6.61. The number of carbonyl (C=O) groups is 2. The van der Waals surface area contributed by atoms with Gasteiger partial charge in [-0.2, -0.15) is 0 Å². The van der Waals surface area contributed by atoms with Gasteiger partial charge in [0.2, 0.25) is 5.91 Å². The van der Waals surface area contributed by atoms with Crippen LogP contribution in [0.3, 0.4) is 0 Å². The molecule has 0 bridgehead atoms. The first kappa shape index (κ1) is 12.9. The molecule has 1 unspecified atom stereocenters. The SMILES string of the molecule is CCOCC(=O)NCC(CC)C(=O)O. The van der Waals surface area contributed by atoms with Crippen LogP contribution in [0, 0.1) is 5.92 Å². The van der Waals surface area contributed by atoms with Crippen molar-refractivity contribution in [2.75, 3.05) is 19.8 Å². The van der Waals surface area contributed by atoms with Crippen molar-refractivity contribution in [2.45, 2.75) is 20.3 Å². The molecule has 0 heterocycles. The maximum atomic E-state index is 11.0. The van der Waals surface area contributed by atoms with Crippen molar-refractivity contribution >= 4 is 11.9 Å². The van der Waals surface area contributed by atoms with Crippen LogP contribution in [0.15, 0.2) is 0 Å². The number of nitrogens with one attached hydrogen (secondary N) is 1. The van der Waals surface area contributed by atoms with E-state index < -0.39 is 11.9 Å². The minimum absolute atomic E-state index is 0.00739. The van der Waals surface area contributed by atoms with E-state index in [2.05, 4.69) is 5.32 Å². The maximum Gasteiger partial charge on any atom is 0.308 e. The van der Waals surface area contributed by atoms with Crippen molar-refractivity contribution in [1.29, 1.82) is 0 Å². The smallest absolute Gasteiger partial charge is 0.308 e. The minimum Gasteiger partial charge on any atom is -0.481 e. The molecule has 0 aliphatic heterocycles. The monoisotopic (exact) mass is 203 g/mol. The van der Waals surface area contributed by atoms with E-state index in [4.69, 9.17) is 9.84 Å². The Kier molecular flexibility index (Phi) is 6.74. The molecule has 1 atom stereocenters. The average Bonchev–Trinajstić information content (AvgIpc) is 2.15. The van der Waals surface area contributed by atoms with E-state index in [1.54, 1.807) is 13.8 Å². The second-order valence-corrected chi connectivity index (χ2v) is 2.88. The highest BCUT2D eigenvalue weighted by molar-refractivity contribution is 5.78. The zero-order chi connectivity index (χ0) is 11.0. The summed E-state index contributed by atoms with van der Waals surface area (Å²) in [5, 5.41) is 11.2. The Morgan fingerprint density at radius 3 is 2.50 bits per heavy atom. The molecule has 0 radical (unpaired) electrons. The van der Waals surface area contributed by atoms with Gasteiger partial charge in [-0.1, -0.05) is 6.92 Å². The first-order valence-electron chi connectivity index (χ1n) is 4.69. The van der Waals surface area contributed by atoms with Crippen LogP contribution < -0.4 is 5.32 Å². The lowest BCUT2D eigenvalue weighted by atomic mass is 10.1. The Balaban J connectivity index is 3.68. The van der Waals surface area contributed by atoms with Gasteiger partial charge in [0.15, 0.2) is 0 Å². The summed E-state index contributed by atoms with van der Waals surface area (Å²) in [4.78, 5) is 21.6. The van der Waals surface area contributed by atoms with E-state index in [1.165, 1.54) is 0 Å². The molecule has 0 aliphatic carbocycles. The van der Waals surface area contributed by atoms with Gasteiger partial charge in [-0.3, -0.25) is 9.59 Å². The summed E-state index contributed by atoms with van der Waals surface area (Å²) in [7, 11) is 0. The molecule has 0 aromatic carbocycles. The highest BCUT2D eigenvalue weighted by Gasteiger charge is 2.15. The van der Waals surface area contributed by atoms with Crippen LogP contribution in [0.4, 0.5) is 0 Å². The van der Waals surface area contributed by atoms with Gasteiger partial charge in [0.1, 0.15) is 6.61 Å². The van der Waals surface area contributed by atoms with Gasteiger partial charge < -0.3 is 15.2 Å². The topological polar surface area (TPSA) is 75.6 Å². The van der Waals surface area contributed by atoms with Crippen molar-refractivity contribution in [3.05, 3.63) is 0 Å². The Morgan fingerprint density at radius 2 is 2.07 bits per heavy atom. The lowest BCUT2D eigenvalue weighted by Crippen LogP contribution is -2.34. The summed E-state index contributed by atoms with van der Waals surface area (Å²) in [5.41, 5.74) is 0. The number of rotatable bonds is 7. The van der Waals surface area contributed by atoms with Gasteiger partial charge in [-0.15, -0.1) is 0 Å². The number of ether oxygens (including phenoxy) is 1. The summed E-state index contributed by atoms with van der Waals surface area (Å²) >= 11 is 0. The predicted octanol–water partition coefficient (Wildman–Crippen LogP) is 0.250. The average molecular weight is 203 g/mol. The number of carboxylic acids is 1. The standard InChI is InChI=1S/C9H17NO4/c1-3-7(9(12)13)5-10-8(11)6-14-4-2/h7H,3-6H2,1-2H3,(H,10,11)(H,12,13). The van der Waals surface area contributed by atoms with Gasteiger partial charge >= 0.3 is 5.97 Å². The van der Waals surface area contributed by atoms with Gasteiger partial charge in [0.05, 0.1) is 5.92 Å². The van der Waals surface area contributed by atoms with Crippen LogP contribution in [-0.2, 0) is 14.3 Å². The molecule has 1 amide bonds. The van der Waals surface area contributed by atoms with E-state index in [0.29, 0.717) is 13.0 Å². The largest absolute Gasteiger partial charge is 0.481 e. The first-order valence-corrected chi connectivity index (χ1v) is 4.69. The van der Waals surface area contributed by atoms with Crippen LogP contribution in [-0.4, -0.2) is 36.7 Å². The van der Waals surface area contributed by atoms with Gasteiger partial charge in [0.25, 0.3) is 0 Å².